The summed E-state index contributed by atoms with van der Waals surface area (Å²) in [6, 6.07) is 0. The molecular formula is C11H20N2O2. The lowest BCUT2D eigenvalue weighted by atomic mass is 9.74. The number of nitrogens with one attached hydrogen (secondary N) is 1. The first kappa shape index (κ1) is 10.9. The smallest absolute Gasteiger partial charge is 0.233 e. The zero-order valence-corrected chi connectivity index (χ0v) is 9.04. The molecule has 4 nitrogen and oxygen atoms in total. The Morgan fingerprint density at radius 2 is 1.93 bits per heavy atom. The zero-order valence-electron chi connectivity index (χ0n) is 9.04. The van der Waals surface area contributed by atoms with Gasteiger partial charge in [0.2, 0.25) is 5.91 Å². The number of fused-ring (bicyclic) bond motifs is 2. The van der Waals surface area contributed by atoms with Crippen molar-refractivity contribution >= 4 is 5.91 Å². The van der Waals surface area contributed by atoms with Gasteiger partial charge in [-0.15, -0.1) is 0 Å². The molecule has 2 aliphatic carbocycles. The second-order valence-electron chi connectivity index (χ2n) is 4.87. The first-order chi connectivity index (χ1) is 7.16. The summed E-state index contributed by atoms with van der Waals surface area (Å²) in [7, 11) is 0. The molecule has 2 saturated carbocycles. The van der Waals surface area contributed by atoms with E-state index in [9.17, 15) is 9.90 Å². The molecule has 86 valence electrons. The van der Waals surface area contributed by atoms with Crippen molar-refractivity contribution in [2.24, 2.45) is 17.6 Å². The Labute approximate surface area is 90.2 Å². The lowest BCUT2D eigenvalue weighted by Gasteiger charge is -2.39. The number of hydrogen-bond acceptors (Lipinski definition) is 3. The van der Waals surface area contributed by atoms with Crippen molar-refractivity contribution in [1.82, 2.24) is 5.32 Å². The fourth-order valence-corrected chi connectivity index (χ4v) is 3.24. The van der Waals surface area contributed by atoms with Gasteiger partial charge in [-0.2, -0.15) is 0 Å². The molecule has 0 aromatic rings. The number of aliphatic hydroxyl groups is 1. The first-order valence-electron chi connectivity index (χ1n) is 5.86. The summed E-state index contributed by atoms with van der Waals surface area (Å²) in [4.78, 5) is 11.1. The molecule has 0 saturated heterocycles. The second kappa shape index (κ2) is 4.10. The van der Waals surface area contributed by atoms with Crippen molar-refractivity contribution in [2.75, 3.05) is 13.1 Å². The van der Waals surface area contributed by atoms with Crippen LogP contribution in [-0.4, -0.2) is 29.7 Å². The van der Waals surface area contributed by atoms with E-state index in [1.54, 1.807) is 0 Å². The molecule has 0 heterocycles. The van der Waals surface area contributed by atoms with Gasteiger partial charge in [0, 0.05) is 6.54 Å². The molecule has 0 aromatic heterocycles. The highest BCUT2D eigenvalue weighted by atomic mass is 16.3. The van der Waals surface area contributed by atoms with Gasteiger partial charge >= 0.3 is 0 Å². The van der Waals surface area contributed by atoms with Gasteiger partial charge in [0.15, 0.2) is 0 Å². The van der Waals surface area contributed by atoms with E-state index in [1.807, 2.05) is 0 Å². The minimum absolute atomic E-state index is 0.00537. The van der Waals surface area contributed by atoms with Gasteiger partial charge in [0.1, 0.15) is 0 Å². The van der Waals surface area contributed by atoms with Crippen LogP contribution in [0.15, 0.2) is 0 Å². The molecule has 2 fully saturated rings. The number of nitrogens with two attached hydrogens (primary N) is 1. The van der Waals surface area contributed by atoms with Gasteiger partial charge in [-0.3, -0.25) is 4.79 Å². The maximum Gasteiger partial charge on any atom is 0.233 e. The molecule has 4 N–H and O–H groups in total. The van der Waals surface area contributed by atoms with Crippen LogP contribution in [0.5, 0.6) is 0 Å². The summed E-state index contributed by atoms with van der Waals surface area (Å²) in [5.41, 5.74) is 4.57. The van der Waals surface area contributed by atoms with Gasteiger partial charge < -0.3 is 16.2 Å². The van der Waals surface area contributed by atoms with E-state index in [1.165, 1.54) is 6.42 Å². The predicted molar refractivity (Wildman–Crippen MR) is 57.1 cm³/mol. The van der Waals surface area contributed by atoms with E-state index in [0.717, 1.165) is 25.7 Å². The van der Waals surface area contributed by atoms with Crippen LogP contribution in [0.25, 0.3) is 0 Å². The molecule has 1 amide bonds. The summed E-state index contributed by atoms with van der Waals surface area (Å²) < 4.78 is 0. The molecule has 0 radical (unpaired) electrons. The summed E-state index contributed by atoms with van der Waals surface area (Å²) >= 11 is 0. The Morgan fingerprint density at radius 1 is 1.33 bits per heavy atom. The number of amides is 1. The van der Waals surface area contributed by atoms with Crippen molar-refractivity contribution < 1.29 is 9.90 Å². The van der Waals surface area contributed by atoms with E-state index in [-0.39, 0.29) is 12.5 Å². The van der Waals surface area contributed by atoms with Gasteiger partial charge in [-0.05, 0) is 37.5 Å². The zero-order chi connectivity index (χ0) is 10.9. The molecule has 0 aliphatic heterocycles. The minimum Gasteiger partial charge on any atom is -0.387 e. The third-order valence-electron chi connectivity index (χ3n) is 4.14. The Hall–Kier alpha value is -0.610. The van der Waals surface area contributed by atoms with Crippen LogP contribution in [-0.2, 0) is 4.79 Å². The van der Waals surface area contributed by atoms with Crippen LogP contribution < -0.4 is 11.1 Å². The predicted octanol–water partition coefficient (Wildman–Crippen LogP) is 0.00250. The monoisotopic (exact) mass is 212 g/mol. The molecule has 3 atom stereocenters. The molecule has 2 aliphatic rings. The highest BCUT2D eigenvalue weighted by Crippen LogP contribution is 2.49. The van der Waals surface area contributed by atoms with Crippen LogP contribution >= 0.6 is 0 Å². The molecule has 1 unspecified atom stereocenters. The van der Waals surface area contributed by atoms with Crippen LogP contribution in [0.1, 0.15) is 32.1 Å². The van der Waals surface area contributed by atoms with Crippen LogP contribution in [0, 0.1) is 11.8 Å². The molecular weight excluding hydrogens is 192 g/mol. The highest BCUT2D eigenvalue weighted by Gasteiger charge is 2.50. The normalized spacial score (nSPS) is 39.1. The number of hydrogen-bond donors (Lipinski definition) is 3. The fourth-order valence-electron chi connectivity index (χ4n) is 3.24. The molecule has 15 heavy (non-hydrogen) atoms. The minimum atomic E-state index is -0.650. The van der Waals surface area contributed by atoms with E-state index in [4.69, 9.17) is 5.73 Å². The molecule has 0 aromatic carbocycles. The first-order valence-corrected chi connectivity index (χ1v) is 5.86. The maximum absolute atomic E-state index is 11.1. The summed E-state index contributed by atoms with van der Waals surface area (Å²) in [6.07, 6.45) is 5.65. The van der Waals surface area contributed by atoms with Crippen LogP contribution in [0.3, 0.4) is 0 Å². The highest BCUT2D eigenvalue weighted by molar-refractivity contribution is 5.77. The van der Waals surface area contributed by atoms with Crippen LogP contribution in [0.2, 0.25) is 0 Å². The molecule has 2 bridgehead atoms. The lowest BCUT2D eigenvalue weighted by molar-refractivity contribution is -0.123. The largest absolute Gasteiger partial charge is 0.387 e. The Bertz CT molecular complexity index is 239. The summed E-state index contributed by atoms with van der Waals surface area (Å²) in [6.45, 7) is 0.393. The maximum atomic E-state index is 11.1. The van der Waals surface area contributed by atoms with E-state index in [2.05, 4.69) is 5.32 Å². The Morgan fingerprint density at radius 3 is 2.47 bits per heavy atom. The number of carbonyl (C=O) groups excluding carboxylic acids is 1. The Kier molecular flexibility index (Phi) is 2.98. The third kappa shape index (κ3) is 1.88. The second-order valence-corrected chi connectivity index (χ2v) is 4.87. The summed E-state index contributed by atoms with van der Waals surface area (Å²) in [5, 5.41) is 13.3. The van der Waals surface area contributed by atoms with E-state index >= 15 is 0 Å². The quantitative estimate of drug-likeness (QED) is 0.616. The number of carbonyl (C=O) groups is 1. The van der Waals surface area contributed by atoms with Gasteiger partial charge in [-0.1, -0.05) is 6.42 Å². The topological polar surface area (TPSA) is 75.4 Å². The average Bonchev–Trinajstić information content (AvgIpc) is 2.48. The van der Waals surface area contributed by atoms with E-state index in [0.29, 0.717) is 18.4 Å². The summed E-state index contributed by atoms with van der Waals surface area (Å²) in [5.74, 6) is 0.594. The number of rotatable bonds is 3. The van der Waals surface area contributed by atoms with Crippen molar-refractivity contribution in [1.29, 1.82) is 0 Å². The van der Waals surface area contributed by atoms with Gasteiger partial charge in [-0.25, -0.2) is 0 Å². The standard InChI is InChI=1S/C11H20N2O2/c12-6-10(14)13-7-11(15)8-2-1-3-9(11)5-4-8/h8-9,15H,1-7,12H2,(H,13,14)/t8-,9?,11+/m1/s1. The molecule has 4 heteroatoms. The Balaban J connectivity index is 1.97. The van der Waals surface area contributed by atoms with Crippen molar-refractivity contribution in [3.05, 3.63) is 0 Å². The average molecular weight is 212 g/mol. The molecule has 0 spiro atoms. The van der Waals surface area contributed by atoms with Crippen molar-refractivity contribution in [2.45, 2.75) is 37.7 Å². The van der Waals surface area contributed by atoms with Gasteiger partial charge in [0.05, 0.1) is 12.1 Å². The van der Waals surface area contributed by atoms with Crippen LogP contribution in [0.4, 0.5) is 0 Å². The molecule has 2 rings (SSSR count). The van der Waals surface area contributed by atoms with E-state index < -0.39 is 5.60 Å². The SMILES string of the molecule is NCC(=O)NC[C@@]1(O)C2CCC[C@@H]1CC2. The fraction of sp³-hybridized carbons (Fsp3) is 0.909. The lowest BCUT2D eigenvalue weighted by Crippen LogP contribution is -2.52. The van der Waals surface area contributed by atoms with Gasteiger partial charge in [0.25, 0.3) is 0 Å². The van der Waals surface area contributed by atoms with Crippen molar-refractivity contribution in [3.63, 3.8) is 0 Å². The van der Waals surface area contributed by atoms with Crippen molar-refractivity contribution in [3.8, 4) is 0 Å². The third-order valence-corrected chi connectivity index (χ3v) is 4.14.